The highest BCUT2D eigenvalue weighted by Gasteiger charge is 2.27. The van der Waals surface area contributed by atoms with Crippen molar-refractivity contribution in [2.24, 2.45) is 0 Å². The molecule has 1 saturated carbocycles. The largest absolute Gasteiger partial charge is 0.478 e. The fraction of sp³-hybridized carbons (Fsp3) is 0.333. The Kier molecular flexibility index (Phi) is 4.14. The molecule has 0 saturated heterocycles. The summed E-state index contributed by atoms with van der Waals surface area (Å²) in [6.45, 7) is 0. The van der Waals surface area contributed by atoms with Gasteiger partial charge < -0.3 is 10.4 Å². The Balaban J connectivity index is 2.22. The molecule has 1 aliphatic carbocycles. The minimum absolute atomic E-state index is 0.0807. The van der Waals surface area contributed by atoms with Crippen LogP contribution in [-0.2, 0) is 14.6 Å². The second kappa shape index (κ2) is 5.53. The molecule has 0 aromatic heterocycles. The van der Waals surface area contributed by atoms with Crippen LogP contribution in [0.15, 0.2) is 27.6 Å². The summed E-state index contributed by atoms with van der Waals surface area (Å²) < 4.78 is 24.4. The van der Waals surface area contributed by atoms with Gasteiger partial charge in [0.1, 0.15) is 5.75 Å². The van der Waals surface area contributed by atoms with Crippen molar-refractivity contribution in [1.29, 1.82) is 0 Å². The van der Waals surface area contributed by atoms with Gasteiger partial charge in [0.2, 0.25) is 5.91 Å². The lowest BCUT2D eigenvalue weighted by Gasteiger charge is -2.07. The summed E-state index contributed by atoms with van der Waals surface area (Å²) in [5.41, 5.74) is -0.159. The summed E-state index contributed by atoms with van der Waals surface area (Å²) in [6.07, 6.45) is 1.74. The molecular formula is C12H12BrNO5S. The van der Waals surface area contributed by atoms with Crippen molar-refractivity contribution in [3.63, 3.8) is 0 Å². The Morgan fingerprint density at radius 1 is 1.35 bits per heavy atom. The third-order valence-electron chi connectivity index (χ3n) is 2.79. The maximum atomic E-state index is 12.1. The summed E-state index contributed by atoms with van der Waals surface area (Å²) in [5, 5.41) is 11.5. The third kappa shape index (κ3) is 3.57. The third-order valence-corrected chi connectivity index (χ3v) is 5.10. The van der Waals surface area contributed by atoms with Gasteiger partial charge in [-0.25, -0.2) is 13.2 Å². The number of hydrogen-bond acceptors (Lipinski definition) is 4. The smallest absolute Gasteiger partial charge is 0.336 e. The van der Waals surface area contributed by atoms with Crippen LogP contribution in [0.1, 0.15) is 23.2 Å². The van der Waals surface area contributed by atoms with E-state index >= 15 is 0 Å². The molecule has 0 aliphatic heterocycles. The number of nitrogens with one attached hydrogen (secondary N) is 1. The average molecular weight is 362 g/mol. The van der Waals surface area contributed by atoms with Crippen molar-refractivity contribution in [2.75, 3.05) is 5.75 Å². The zero-order chi connectivity index (χ0) is 14.9. The van der Waals surface area contributed by atoms with Crippen LogP contribution in [0.25, 0.3) is 0 Å². The molecule has 20 heavy (non-hydrogen) atoms. The minimum atomic E-state index is -3.85. The van der Waals surface area contributed by atoms with E-state index in [1.54, 1.807) is 0 Å². The first-order valence-corrected chi connectivity index (χ1v) is 8.29. The van der Waals surface area contributed by atoms with Gasteiger partial charge in [-0.3, -0.25) is 4.79 Å². The van der Waals surface area contributed by atoms with Crippen LogP contribution in [0.3, 0.4) is 0 Å². The number of carbonyl (C=O) groups excluding carboxylic acids is 1. The number of benzene rings is 1. The predicted octanol–water partition coefficient (Wildman–Crippen LogP) is 1.20. The molecule has 0 atom stereocenters. The Labute approximate surface area is 124 Å². The average Bonchev–Trinajstić information content (AvgIpc) is 3.11. The maximum Gasteiger partial charge on any atom is 0.336 e. The van der Waals surface area contributed by atoms with E-state index in [-0.39, 0.29) is 21.0 Å². The zero-order valence-corrected chi connectivity index (χ0v) is 12.7. The number of halogens is 1. The Bertz CT molecular complexity index is 666. The molecule has 108 valence electrons. The summed E-state index contributed by atoms with van der Waals surface area (Å²) in [4.78, 5) is 22.3. The van der Waals surface area contributed by atoms with Crippen LogP contribution in [0.4, 0.5) is 0 Å². The van der Waals surface area contributed by atoms with Crippen LogP contribution in [0, 0.1) is 0 Å². The minimum Gasteiger partial charge on any atom is -0.478 e. The Morgan fingerprint density at radius 3 is 2.55 bits per heavy atom. The molecule has 1 aliphatic rings. The van der Waals surface area contributed by atoms with Crippen molar-refractivity contribution >= 4 is 37.6 Å². The van der Waals surface area contributed by atoms with E-state index in [2.05, 4.69) is 21.2 Å². The maximum absolute atomic E-state index is 12.1. The van der Waals surface area contributed by atoms with E-state index in [9.17, 15) is 18.0 Å². The molecule has 0 spiro atoms. The molecule has 0 bridgehead atoms. The SMILES string of the molecule is O=C(CS(=O)(=O)c1ccc(Br)c(C(=O)O)c1)NC1CC1. The van der Waals surface area contributed by atoms with E-state index in [1.807, 2.05) is 0 Å². The number of carbonyl (C=O) groups is 2. The van der Waals surface area contributed by atoms with Gasteiger partial charge in [-0.05, 0) is 47.0 Å². The van der Waals surface area contributed by atoms with Crippen molar-refractivity contribution in [1.82, 2.24) is 5.32 Å². The molecular weight excluding hydrogens is 350 g/mol. The molecule has 8 heteroatoms. The molecule has 6 nitrogen and oxygen atoms in total. The lowest BCUT2D eigenvalue weighted by molar-refractivity contribution is -0.118. The van der Waals surface area contributed by atoms with Crippen LogP contribution in [0.5, 0.6) is 0 Å². The molecule has 0 heterocycles. The molecule has 2 N–H and O–H groups in total. The van der Waals surface area contributed by atoms with Gasteiger partial charge in [-0.1, -0.05) is 0 Å². The van der Waals surface area contributed by atoms with Crippen LogP contribution in [-0.4, -0.2) is 37.2 Å². The number of hydrogen-bond donors (Lipinski definition) is 2. The van der Waals surface area contributed by atoms with E-state index < -0.39 is 27.5 Å². The van der Waals surface area contributed by atoms with Gasteiger partial charge in [-0.2, -0.15) is 0 Å². The summed E-state index contributed by atoms with van der Waals surface area (Å²) in [7, 11) is -3.85. The Morgan fingerprint density at radius 2 is 2.00 bits per heavy atom. The number of aromatic carboxylic acids is 1. The monoisotopic (exact) mass is 361 g/mol. The van der Waals surface area contributed by atoms with Gasteiger partial charge >= 0.3 is 5.97 Å². The van der Waals surface area contributed by atoms with Crippen LogP contribution < -0.4 is 5.32 Å². The van der Waals surface area contributed by atoms with E-state index in [1.165, 1.54) is 12.1 Å². The van der Waals surface area contributed by atoms with Gasteiger partial charge in [-0.15, -0.1) is 0 Å². The van der Waals surface area contributed by atoms with Crippen molar-refractivity contribution in [3.05, 3.63) is 28.2 Å². The standard InChI is InChI=1S/C12H12BrNO5S/c13-10-4-3-8(5-9(10)12(16)17)20(18,19)6-11(15)14-7-1-2-7/h3-5,7H,1-2,6H2,(H,14,15)(H,16,17). The number of carboxylic acid groups (broad SMARTS) is 1. The fourth-order valence-corrected chi connectivity index (χ4v) is 3.20. The first-order chi connectivity index (χ1) is 9.29. The van der Waals surface area contributed by atoms with Gasteiger partial charge in [0, 0.05) is 10.5 Å². The summed E-state index contributed by atoms with van der Waals surface area (Å²) >= 11 is 3.03. The van der Waals surface area contributed by atoms with Crippen molar-refractivity contribution < 1.29 is 23.1 Å². The van der Waals surface area contributed by atoms with Crippen LogP contribution in [0.2, 0.25) is 0 Å². The number of sulfone groups is 1. The normalized spacial score (nSPS) is 14.8. The van der Waals surface area contributed by atoms with Crippen LogP contribution >= 0.6 is 15.9 Å². The van der Waals surface area contributed by atoms with E-state index in [0.717, 1.165) is 18.9 Å². The second-order valence-corrected chi connectivity index (χ2v) is 7.39. The lowest BCUT2D eigenvalue weighted by Crippen LogP contribution is -2.31. The first-order valence-electron chi connectivity index (χ1n) is 5.84. The van der Waals surface area contributed by atoms with E-state index in [0.29, 0.717) is 0 Å². The molecule has 0 radical (unpaired) electrons. The molecule has 0 unspecified atom stereocenters. The van der Waals surface area contributed by atoms with Gasteiger partial charge in [0.25, 0.3) is 0 Å². The predicted molar refractivity (Wildman–Crippen MR) is 74.3 cm³/mol. The van der Waals surface area contributed by atoms with E-state index in [4.69, 9.17) is 5.11 Å². The fourth-order valence-electron chi connectivity index (χ4n) is 1.61. The summed E-state index contributed by atoms with van der Waals surface area (Å²) in [6, 6.07) is 3.74. The molecule has 1 aromatic rings. The summed E-state index contributed by atoms with van der Waals surface area (Å²) in [5.74, 6) is -2.48. The topological polar surface area (TPSA) is 101 Å². The number of carboxylic acids is 1. The molecule has 1 aromatic carbocycles. The zero-order valence-electron chi connectivity index (χ0n) is 10.3. The second-order valence-electron chi connectivity index (χ2n) is 4.55. The van der Waals surface area contributed by atoms with Gasteiger partial charge in [0.05, 0.1) is 10.5 Å². The van der Waals surface area contributed by atoms with Crippen molar-refractivity contribution in [3.8, 4) is 0 Å². The Hall–Kier alpha value is -1.41. The quantitative estimate of drug-likeness (QED) is 0.820. The first kappa shape index (κ1) is 15.0. The highest BCUT2D eigenvalue weighted by molar-refractivity contribution is 9.10. The van der Waals surface area contributed by atoms with Gasteiger partial charge in [0.15, 0.2) is 9.84 Å². The highest BCUT2D eigenvalue weighted by Crippen LogP contribution is 2.22. The molecule has 1 amide bonds. The highest BCUT2D eigenvalue weighted by atomic mass is 79.9. The van der Waals surface area contributed by atoms with Crippen molar-refractivity contribution in [2.45, 2.75) is 23.8 Å². The number of rotatable bonds is 5. The number of amides is 1. The molecule has 1 fully saturated rings. The molecule has 2 rings (SSSR count). The lowest BCUT2D eigenvalue weighted by atomic mass is 10.2.